The van der Waals surface area contributed by atoms with Crippen molar-refractivity contribution in [1.82, 2.24) is 14.3 Å². The van der Waals surface area contributed by atoms with Crippen LogP contribution in [0.1, 0.15) is 25.1 Å². The summed E-state index contributed by atoms with van der Waals surface area (Å²) in [6.07, 6.45) is 0. The maximum Gasteiger partial charge on any atom is 0.247 e. The summed E-state index contributed by atoms with van der Waals surface area (Å²) in [5.74, 6) is 2.11. The average Bonchev–Trinajstić information content (AvgIpc) is 2.86. The number of hydrogen-bond donors (Lipinski definition) is 1. The Hall–Kier alpha value is -3.37. The van der Waals surface area contributed by atoms with Crippen molar-refractivity contribution in [3.63, 3.8) is 0 Å². The molecule has 1 aliphatic heterocycles. The number of aryl methyl sites for hydroxylation is 2. The van der Waals surface area contributed by atoms with Gasteiger partial charge in [-0.25, -0.2) is 13.4 Å². The molecule has 0 unspecified atom stereocenters. The van der Waals surface area contributed by atoms with Crippen molar-refractivity contribution < 1.29 is 17.9 Å². The zero-order valence-electron chi connectivity index (χ0n) is 21.2. The van der Waals surface area contributed by atoms with Crippen LogP contribution in [0.5, 0.6) is 11.5 Å². The van der Waals surface area contributed by atoms with E-state index in [0.717, 1.165) is 11.4 Å². The maximum absolute atomic E-state index is 13.5. The minimum absolute atomic E-state index is 0.125. The molecule has 0 bridgehead atoms. The zero-order chi connectivity index (χ0) is 25.7. The van der Waals surface area contributed by atoms with Gasteiger partial charge in [-0.2, -0.15) is 9.29 Å². The lowest BCUT2D eigenvalue weighted by Crippen LogP contribution is -2.49. The Bertz CT molecular complexity index is 1290. The number of rotatable bonds is 9. The second-order valence-corrected chi connectivity index (χ2v) is 10.5. The lowest BCUT2D eigenvalue weighted by molar-refractivity contribution is 0.319. The maximum atomic E-state index is 13.5. The van der Waals surface area contributed by atoms with Crippen LogP contribution in [-0.2, 0) is 10.0 Å². The van der Waals surface area contributed by atoms with Gasteiger partial charge in [-0.1, -0.05) is 17.7 Å². The van der Waals surface area contributed by atoms with Crippen molar-refractivity contribution in [2.75, 3.05) is 49.6 Å². The van der Waals surface area contributed by atoms with Crippen LogP contribution in [0.15, 0.2) is 53.4 Å². The second kappa shape index (κ2) is 11.1. The van der Waals surface area contributed by atoms with E-state index in [4.69, 9.17) is 14.5 Å². The van der Waals surface area contributed by atoms with Gasteiger partial charge in [0, 0.05) is 49.7 Å². The SMILES string of the molecule is CCOc1ccc(OCC)c(S(=O)(=O)N2CCN(c3nc(C)cc(Nc4ccc(C)cc4)n3)CC2)c1. The molecule has 192 valence electrons. The third kappa shape index (κ3) is 5.88. The first-order chi connectivity index (χ1) is 17.3. The van der Waals surface area contributed by atoms with Gasteiger partial charge < -0.3 is 19.7 Å². The fraction of sp³-hybridized carbons (Fsp3) is 0.385. The van der Waals surface area contributed by atoms with Gasteiger partial charge in [0.25, 0.3) is 0 Å². The molecule has 1 saturated heterocycles. The molecule has 0 amide bonds. The van der Waals surface area contributed by atoms with E-state index in [1.54, 1.807) is 18.2 Å². The first-order valence-corrected chi connectivity index (χ1v) is 13.6. The number of nitrogens with one attached hydrogen (secondary N) is 1. The number of aromatic nitrogens is 2. The van der Waals surface area contributed by atoms with Gasteiger partial charge in [0.2, 0.25) is 16.0 Å². The molecule has 1 aromatic heterocycles. The Balaban J connectivity index is 1.50. The standard InChI is InChI=1S/C26H33N5O4S/c1-5-34-22-11-12-23(35-6-2)24(18-22)36(32,33)31-15-13-30(14-16-31)26-27-20(4)17-25(29-26)28-21-9-7-19(3)8-10-21/h7-12,17-18H,5-6,13-16H2,1-4H3,(H,27,28,29). The number of benzene rings is 2. The zero-order valence-corrected chi connectivity index (χ0v) is 22.0. The van der Waals surface area contributed by atoms with E-state index in [-0.39, 0.29) is 4.90 Å². The van der Waals surface area contributed by atoms with Crippen LogP contribution < -0.4 is 19.7 Å². The van der Waals surface area contributed by atoms with E-state index in [0.29, 0.717) is 62.7 Å². The number of anilines is 3. The minimum Gasteiger partial charge on any atom is -0.494 e. The van der Waals surface area contributed by atoms with Crippen molar-refractivity contribution >= 4 is 27.5 Å². The van der Waals surface area contributed by atoms with Gasteiger partial charge >= 0.3 is 0 Å². The molecule has 1 fully saturated rings. The first-order valence-electron chi connectivity index (χ1n) is 12.1. The van der Waals surface area contributed by atoms with Gasteiger partial charge in [-0.15, -0.1) is 0 Å². The van der Waals surface area contributed by atoms with Crippen LogP contribution in [-0.4, -0.2) is 62.1 Å². The summed E-state index contributed by atoms with van der Waals surface area (Å²) in [5, 5.41) is 3.33. The van der Waals surface area contributed by atoms with E-state index in [2.05, 4.69) is 10.3 Å². The molecule has 3 aromatic rings. The van der Waals surface area contributed by atoms with E-state index in [1.807, 2.05) is 62.9 Å². The first kappa shape index (κ1) is 25.7. The molecule has 4 rings (SSSR count). The summed E-state index contributed by atoms with van der Waals surface area (Å²) >= 11 is 0. The predicted octanol–water partition coefficient (Wildman–Crippen LogP) is 4.15. The second-order valence-electron chi connectivity index (χ2n) is 8.55. The van der Waals surface area contributed by atoms with Gasteiger partial charge in [0.15, 0.2) is 0 Å². The molecule has 9 nitrogen and oxygen atoms in total. The van der Waals surface area contributed by atoms with Crippen LogP contribution in [0.2, 0.25) is 0 Å². The number of hydrogen-bond acceptors (Lipinski definition) is 8. The van der Waals surface area contributed by atoms with Crippen LogP contribution in [0.3, 0.4) is 0 Å². The van der Waals surface area contributed by atoms with Crippen LogP contribution in [0, 0.1) is 13.8 Å². The van der Waals surface area contributed by atoms with Gasteiger partial charge in [-0.05, 0) is 52.0 Å². The highest BCUT2D eigenvalue weighted by Crippen LogP contribution is 2.32. The summed E-state index contributed by atoms with van der Waals surface area (Å²) in [6.45, 7) is 10.0. The predicted molar refractivity (Wildman–Crippen MR) is 141 cm³/mol. The summed E-state index contributed by atoms with van der Waals surface area (Å²) in [5.41, 5.74) is 2.96. The fourth-order valence-corrected chi connectivity index (χ4v) is 5.60. The summed E-state index contributed by atoms with van der Waals surface area (Å²) in [7, 11) is -3.77. The monoisotopic (exact) mass is 511 g/mol. The van der Waals surface area contributed by atoms with Crippen molar-refractivity contribution in [2.24, 2.45) is 0 Å². The molecule has 0 radical (unpaired) electrons. The van der Waals surface area contributed by atoms with Gasteiger partial charge in [0.05, 0.1) is 13.2 Å². The lowest BCUT2D eigenvalue weighted by Gasteiger charge is -2.34. The number of sulfonamides is 1. The van der Waals surface area contributed by atoms with Crippen LogP contribution in [0.25, 0.3) is 0 Å². The molecule has 10 heteroatoms. The molecule has 0 atom stereocenters. The smallest absolute Gasteiger partial charge is 0.247 e. The topological polar surface area (TPSA) is 96.9 Å². The van der Waals surface area contributed by atoms with Gasteiger partial charge in [-0.3, -0.25) is 0 Å². The van der Waals surface area contributed by atoms with Crippen molar-refractivity contribution in [3.05, 3.63) is 59.8 Å². The average molecular weight is 512 g/mol. The molecule has 1 aliphatic rings. The highest BCUT2D eigenvalue weighted by molar-refractivity contribution is 7.89. The van der Waals surface area contributed by atoms with Crippen molar-refractivity contribution in [1.29, 1.82) is 0 Å². The van der Waals surface area contributed by atoms with Crippen LogP contribution >= 0.6 is 0 Å². The Morgan fingerprint density at radius 3 is 2.25 bits per heavy atom. The molecule has 0 spiro atoms. The quantitative estimate of drug-likeness (QED) is 0.458. The van der Waals surface area contributed by atoms with E-state index in [9.17, 15) is 8.42 Å². The highest BCUT2D eigenvalue weighted by atomic mass is 32.2. The molecule has 2 aromatic carbocycles. The van der Waals surface area contributed by atoms with E-state index in [1.165, 1.54) is 9.87 Å². The Morgan fingerprint density at radius 2 is 1.58 bits per heavy atom. The highest BCUT2D eigenvalue weighted by Gasteiger charge is 2.32. The Morgan fingerprint density at radius 1 is 0.889 bits per heavy atom. The molecule has 1 N–H and O–H groups in total. The molecule has 0 saturated carbocycles. The normalized spacial score (nSPS) is 14.5. The minimum atomic E-state index is -3.77. The summed E-state index contributed by atoms with van der Waals surface area (Å²) in [6, 6.07) is 14.9. The fourth-order valence-electron chi connectivity index (χ4n) is 4.03. The Kier molecular flexibility index (Phi) is 7.95. The third-order valence-electron chi connectivity index (χ3n) is 5.83. The summed E-state index contributed by atoms with van der Waals surface area (Å²) in [4.78, 5) is 11.4. The van der Waals surface area contributed by atoms with Crippen molar-refractivity contribution in [3.8, 4) is 11.5 Å². The molecular weight excluding hydrogens is 478 g/mol. The number of nitrogens with zero attached hydrogens (tertiary/aromatic N) is 4. The molecule has 36 heavy (non-hydrogen) atoms. The molecule has 2 heterocycles. The number of ether oxygens (including phenoxy) is 2. The van der Waals surface area contributed by atoms with E-state index < -0.39 is 10.0 Å². The third-order valence-corrected chi connectivity index (χ3v) is 7.75. The largest absolute Gasteiger partial charge is 0.494 e. The molecular formula is C26H33N5O4S. The summed E-state index contributed by atoms with van der Waals surface area (Å²) < 4.78 is 39.7. The lowest BCUT2D eigenvalue weighted by atomic mass is 10.2. The van der Waals surface area contributed by atoms with Crippen LogP contribution in [0.4, 0.5) is 17.5 Å². The van der Waals surface area contributed by atoms with Gasteiger partial charge in [0.1, 0.15) is 22.2 Å². The number of piperazine rings is 1. The van der Waals surface area contributed by atoms with Crippen molar-refractivity contribution in [2.45, 2.75) is 32.6 Å². The Labute approximate surface area is 213 Å². The van der Waals surface area contributed by atoms with E-state index >= 15 is 0 Å². The molecule has 0 aliphatic carbocycles.